The molecule has 0 bridgehead atoms. The van der Waals surface area contributed by atoms with E-state index in [4.69, 9.17) is 22.1 Å². The van der Waals surface area contributed by atoms with Crippen LogP contribution in [0.4, 0.5) is 19.0 Å². The highest BCUT2D eigenvalue weighted by Crippen LogP contribution is 2.32. The Kier molecular flexibility index (Phi) is 4.35. The minimum Gasteiger partial charge on any atom is -0.330 e. The number of aromatic nitrogens is 1. The van der Waals surface area contributed by atoms with Crippen molar-refractivity contribution >= 4 is 17.4 Å². The molecule has 0 spiro atoms. The average Bonchev–Trinajstić information content (AvgIpc) is 2.27. The Hall–Kier alpha value is -1.99. The van der Waals surface area contributed by atoms with Crippen LogP contribution in [-0.2, 0) is 6.18 Å². The highest BCUT2D eigenvalue weighted by Gasteiger charge is 2.32. The van der Waals surface area contributed by atoms with Gasteiger partial charge >= 0.3 is 6.18 Å². The van der Waals surface area contributed by atoms with Crippen molar-refractivity contribution in [2.24, 2.45) is 0 Å². The summed E-state index contributed by atoms with van der Waals surface area (Å²) in [6.45, 7) is -0.504. The molecule has 0 aliphatic heterocycles. The van der Waals surface area contributed by atoms with E-state index in [1.54, 1.807) is 12.1 Å². The first-order chi connectivity index (χ1) is 8.38. The van der Waals surface area contributed by atoms with E-state index >= 15 is 0 Å². The Morgan fingerprint density at radius 3 is 2.22 bits per heavy atom. The average molecular weight is 275 g/mol. The van der Waals surface area contributed by atoms with Crippen molar-refractivity contribution in [2.75, 3.05) is 18.0 Å². The summed E-state index contributed by atoms with van der Waals surface area (Å²) in [4.78, 5) is 4.77. The molecule has 0 N–H and O–H groups in total. The molecule has 0 saturated carbocycles. The van der Waals surface area contributed by atoms with Crippen molar-refractivity contribution in [3.63, 3.8) is 0 Å². The molecule has 0 unspecified atom stereocenters. The molecule has 1 aromatic rings. The van der Waals surface area contributed by atoms with Gasteiger partial charge in [-0.25, -0.2) is 4.98 Å². The van der Waals surface area contributed by atoms with Crippen LogP contribution < -0.4 is 4.90 Å². The summed E-state index contributed by atoms with van der Waals surface area (Å²) in [6, 6.07) is 4.91. The van der Waals surface area contributed by atoms with E-state index in [0.717, 1.165) is 11.0 Å². The van der Waals surface area contributed by atoms with E-state index in [9.17, 15) is 13.2 Å². The Morgan fingerprint density at radius 2 is 1.78 bits per heavy atom. The lowest BCUT2D eigenvalue weighted by Gasteiger charge is -2.18. The maximum atomic E-state index is 12.5. The Morgan fingerprint density at radius 1 is 1.22 bits per heavy atom. The number of hydrogen-bond donors (Lipinski definition) is 0. The third-order valence-corrected chi connectivity index (χ3v) is 2.15. The van der Waals surface area contributed by atoms with Gasteiger partial charge < -0.3 is 4.90 Å². The van der Waals surface area contributed by atoms with Crippen LogP contribution in [0.3, 0.4) is 0 Å². The van der Waals surface area contributed by atoms with Gasteiger partial charge in [-0.2, -0.15) is 23.7 Å². The van der Waals surface area contributed by atoms with E-state index < -0.39 is 11.7 Å². The molecular formula is C10H6ClF3N4. The van der Waals surface area contributed by atoms with Gasteiger partial charge in [-0.3, -0.25) is 0 Å². The molecule has 0 saturated heterocycles. The number of anilines is 1. The number of pyridine rings is 1. The van der Waals surface area contributed by atoms with Gasteiger partial charge in [-0.05, 0) is 12.1 Å². The van der Waals surface area contributed by atoms with Crippen molar-refractivity contribution in [2.45, 2.75) is 6.18 Å². The predicted molar refractivity (Wildman–Crippen MR) is 57.7 cm³/mol. The quantitative estimate of drug-likeness (QED) is 0.628. The number of rotatable bonds is 3. The number of nitrogens with zero attached hydrogens (tertiary/aromatic N) is 4. The summed E-state index contributed by atoms with van der Waals surface area (Å²) in [5.74, 6) is -0.155. The smallest absolute Gasteiger partial charge is 0.330 e. The van der Waals surface area contributed by atoms with Crippen molar-refractivity contribution in [3.8, 4) is 12.1 Å². The fraction of sp³-hybridized carbons (Fsp3) is 0.300. The normalized spacial score (nSPS) is 10.6. The fourth-order valence-corrected chi connectivity index (χ4v) is 1.40. The zero-order valence-electron chi connectivity index (χ0n) is 8.87. The number of halogens is 4. The Labute approximate surface area is 106 Å². The second-order valence-corrected chi connectivity index (χ2v) is 3.59. The van der Waals surface area contributed by atoms with Crippen LogP contribution in [0, 0.1) is 22.7 Å². The molecule has 0 fully saturated rings. The van der Waals surface area contributed by atoms with Gasteiger partial charge in [0.15, 0.2) is 0 Å². The lowest BCUT2D eigenvalue weighted by atomic mass is 10.2. The second kappa shape index (κ2) is 5.56. The van der Waals surface area contributed by atoms with Crippen molar-refractivity contribution in [3.05, 3.63) is 22.8 Å². The van der Waals surface area contributed by atoms with Crippen LogP contribution in [0.5, 0.6) is 0 Å². The summed E-state index contributed by atoms with van der Waals surface area (Å²) in [5.41, 5.74) is -0.974. The van der Waals surface area contributed by atoms with E-state index in [1.807, 2.05) is 0 Å². The van der Waals surface area contributed by atoms with E-state index in [1.165, 1.54) is 0 Å². The zero-order valence-corrected chi connectivity index (χ0v) is 9.63. The summed E-state index contributed by atoms with van der Waals surface area (Å²) < 4.78 is 37.6. The molecule has 0 aliphatic carbocycles. The minimum atomic E-state index is -4.56. The summed E-state index contributed by atoms with van der Waals surface area (Å²) in [5, 5.41) is 16.7. The fourth-order valence-electron chi connectivity index (χ4n) is 1.20. The second-order valence-electron chi connectivity index (χ2n) is 3.21. The summed E-state index contributed by atoms with van der Waals surface area (Å²) in [6.07, 6.45) is -4.56. The molecular weight excluding hydrogens is 269 g/mol. The van der Waals surface area contributed by atoms with Crippen molar-refractivity contribution in [1.82, 2.24) is 4.98 Å². The molecule has 0 aromatic carbocycles. The van der Waals surface area contributed by atoms with Gasteiger partial charge in [0.1, 0.15) is 24.1 Å². The van der Waals surface area contributed by atoms with Crippen LogP contribution >= 0.6 is 11.6 Å². The topological polar surface area (TPSA) is 63.7 Å². The minimum absolute atomic E-state index is 0.155. The van der Waals surface area contributed by atoms with Crippen LogP contribution in [0.25, 0.3) is 0 Å². The number of hydrogen-bond acceptors (Lipinski definition) is 4. The van der Waals surface area contributed by atoms with Crippen molar-refractivity contribution < 1.29 is 13.2 Å². The maximum absolute atomic E-state index is 12.5. The number of nitriles is 2. The first-order valence-electron chi connectivity index (χ1n) is 4.62. The molecule has 0 radical (unpaired) electrons. The first kappa shape index (κ1) is 14.1. The summed E-state index contributed by atoms with van der Waals surface area (Å²) in [7, 11) is 0. The molecule has 1 aromatic heterocycles. The van der Waals surface area contributed by atoms with Gasteiger partial charge in [-0.15, -0.1) is 0 Å². The molecule has 1 heterocycles. The van der Waals surface area contributed by atoms with Crippen LogP contribution in [0.2, 0.25) is 5.15 Å². The monoisotopic (exact) mass is 274 g/mol. The van der Waals surface area contributed by atoms with Crippen LogP contribution in [0.15, 0.2) is 12.1 Å². The highest BCUT2D eigenvalue weighted by molar-refractivity contribution is 6.29. The van der Waals surface area contributed by atoms with Gasteiger partial charge in [0.2, 0.25) is 0 Å². The van der Waals surface area contributed by atoms with E-state index in [0.29, 0.717) is 6.07 Å². The third kappa shape index (κ3) is 3.51. The van der Waals surface area contributed by atoms with E-state index in [-0.39, 0.29) is 24.1 Å². The third-order valence-electron chi connectivity index (χ3n) is 1.96. The standard InChI is InChI=1S/C10H6ClF3N4/c11-8-5-7(10(12,13)14)6-9(17-8)18(3-1-15)4-2-16/h5-6H,3-4H2. The SMILES string of the molecule is N#CCN(CC#N)c1cc(C(F)(F)F)cc(Cl)n1. The molecule has 0 aliphatic rings. The number of alkyl halides is 3. The van der Waals surface area contributed by atoms with E-state index in [2.05, 4.69) is 4.98 Å². The predicted octanol–water partition coefficient (Wildman–Crippen LogP) is 2.61. The lowest BCUT2D eigenvalue weighted by Crippen LogP contribution is -2.25. The molecule has 0 amide bonds. The molecule has 1 rings (SSSR count). The zero-order chi connectivity index (χ0) is 13.8. The largest absolute Gasteiger partial charge is 0.416 e. The Bertz CT molecular complexity index is 499. The molecule has 4 nitrogen and oxygen atoms in total. The van der Waals surface area contributed by atoms with Gasteiger partial charge in [-0.1, -0.05) is 11.6 Å². The first-order valence-corrected chi connectivity index (χ1v) is 5.00. The Balaban J connectivity index is 3.20. The van der Waals surface area contributed by atoms with Crippen LogP contribution in [0.1, 0.15) is 5.56 Å². The molecule has 8 heteroatoms. The highest BCUT2D eigenvalue weighted by atomic mass is 35.5. The maximum Gasteiger partial charge on any atom is 0.416 e. The van der Waals surface area contributed by atoms with Crippen molar-refractivity contribution in [1.29, 1.82) is 10.5 Å². The van der Waals surface area contributed by atoms with Crippen LogP contribution in [-0.4, -0.2) is 18.1 Å². The molecule has 0 atom stereocenters. The van der Waals surface area contributed by atoms with Gasteiger partial charge in [0.05, 0.1) is 17.7 Å². The lowest BCUT2D eigenvalue weighted by molar-refractivity contribution is -0.137. The molecule has 18 heavy (non-hydrogen) atoms. The molecule has 94 valence electrons. The van der Waals surface area contributed by atoms with Gasteiger partial charge in [0, 0.05) is 0 Å². The summed E-state index contributed by atoms with van der Waals surface area (Å²) >= 11 is 5.50. The van der Waals surface area contributed by atoms with Gasteiger partial charge in [0.25, 0.3) is 0 Å².